The van der Waals surface area contributed by atoms with Crippen LogP contribution < -0.4 is 10.6 Å². The minimum Gasteiger partial charge on any atom is -0.433 e. The van der Waals surface area contributed by atoms with Gasteiger partial charge >= 0.3 is 12.1 Å². The highest BCUT2D eigenvalue weighted by Crippen LogP contribution is 2.32. The third kappa shape index (κ3) is 4.20. The average Bonchev–Trinajstić information content (AvgIpc) is 3.25. The summed E-state index contributed by atoms with van der Waals surface area (Å²) in [6, 6.07) is 4.27. The maximum atomic E-state index is 12.7. The van der Waals surface area contributed by atoms with E-state index < -0.39 is 18.0 Å². The first-order valence-corrected chi connectivity index (χ1v) is 8.74. The molecule has 1 aliphatic rings. The molecule has 0 atom stereocenters. The molecule has 29 heavy (non-hydrogen) atoms. The number of benzene rings is 1. The van der Waals surface area contributed by atoms with Crippen molar-refractivity contribution >= 4 is 35.1 Å². The molecule has 1 fully saturated rings. The van der Waals surface area contributed by atoms with Crippen molar-refractivity contribution in [2.24, 2.45) is 0 Å². The standard InChI is InChI=1S/C17H17F3N6O2.ClH/c1-9-14(24-25-26(9)11-4-6-21-7-5-11)15(27)22-10-2-3-13-12(8-10)23-16(28-13)17(18,19)20;/h2-3,8,11,21H,4-7H2,1H3,(H,22,27);1H. The molecule has 0 saturated carbocycles. The van der Waals surface area contributed by atoms with E-state index in [2.05, 4.69) is 30.3 Å². The van der Waals surface area contributed by atoms with Crippen molar-refractivity contribution < 1.29 is 22.4 Å². The summed E-state index contributed by atoms with van der Waals surface area (Å²) in [5, 5.41) is 14.0. The fourth-order valence-electron chi connectivity index (χ4n) is 3.27. The van der Waals surface area contributed by atoms with E-state index in [1.54, 1.807) is 11.6 Å². The zero-order valence-electron chi connectivity index (χ0n) is 15.3. The lowest BCUT2D eigenvalue weighted by atomic mass is 10.1. The Morgan fingerprint density at radius 2 is 2.03 bits per heavy atom. The molecular weight excluding hydrogens is 413 g/mol. The molecule has 0 unspecified atom stereocenters. The van der Waals surface area contributed by atoms with E-state index >= 15 is 0 Å². The number of aromatic nitrogens is 4. The first kappa shape index (κ1) is 21.1. The van der Waals surface area contributed by atoms with Crippen molar-refractivity contribution in [3.63, 3.8) is 0 Å². The van der Waals surface area contributed by atoms with Crippen molar-refractivity contribution in [1.82, 2.24) is 25.3 Å². The van der Waals surface area contributed by atoms with Crippen LogP contribution in [0.15, 0.2) is 22.6 Å². The molecule has 8 nitrogen and oxygen atoms in total. The zero-order chi connectivity index (χ0) is 19.9. The molecule has 2 aromatic heterocycles. The molecule has 0 bridgehead atoms. The number of hydrogen-bond donors (Lipinski definition) is 2. The first-order chi connectivity index (χ1) is 13.3. The summed E-state index contributed by atoms with van der Waals surface area (Å²) >= 11 is 0. The van der Waals surface area contributed by atoms with Gasteiger partial charge in [-0.2, -0.15) is 13.2 Å². The Morgan fingerprint density at radius 3 is 2.72 bits per heavy atom. The number of oxazole rings is 1. The number of amides is 1. The van der Waals surface area contributed by atoms with E-state index in [4.69, 9.17) is 0 Å². The van der Waals surface area contributed by atoms with Crippen LogP contribution in [0, 0.1) is 6.92 Å². The molecular formula is C17H18ClF3N6O2. The van der Waals surface area contributed by atoms with Crippen molar-refractivity contribution in [1.29, 1.82) is 0 Å². The molecule has 2 N–H and O–H groups in total. The summed E-state index contributed by atoms with van der Waals surface area (Å²) in [4.78, 5) is 16.0. The number of fused-ring (bicyclic) bond motifs is 1. The summed E-state index contributed by atoms with van der Waals surface area (Å²) in [5.74, 6) is -1.82. The van der Waals surface area contributed by atoms with Gasteiger partial charge in [0.1, 0.15) is 5.52 Å². The van der Waals surface area contributed by atoms with Crippen LogP contribution in [0.4, 0.5) is 18.9 Å². The topological polar surface area (TPSA) is 97.9 Å². The van der Waals surface area contributed by atoms with E-state index in [1.165, 1.54) is 18.2 Å². The van der Waals surface area contributed by atoms with E-state index in [9.17, 15) is 18.0 Å². The number of anilines is 1. The highest BCUT2D eigenvalue weighted by Gasteiger charge is 2.37. The van der Waals surface area contributed by atoms with Gasteiger partial charge in [0.25, 0.3) is 5.91 Å². The highest BCUT2D eigenvalue weighted by molar-refractivity contribution is 6.04. The lowest BCUT2D eigenvalue weighted by molar-refractivity contribution is -0.156. The number of nitrogens with zero attached hydrogens (tertiary/aromatic N) is 4. The van der Waals surface area contributed by atoms with Crippen molar-refractivity contribution in [2.75, 3.05) is 18.4 Å². The molecule has 3 heterocycles. The molecule has 1 amide bonds. The predicted molar refractivity (Wildman–Crippen MR) is 100 cm³/mol. The maximum Gasteiger partial charge on any atom is 0.468 e. The van der Waals surface area contributed by atoms with Gasteiger partial charge in [-0.1, -0.05) is 5.21 Å². The van der Waals surface area contributed by atoms with Gasteiger partial charge in [0.05, 0.1) is 11.7 Å². The molecule has 1 aromatic carbocycles. The quantitative estimate of drug-likeness (QED) is 0.661. The Morgan fingerprint density at radius 1 is 1.31 bits per heavy atom. The second-order valence-electron chi connectivity index (χ2n) is 6.60. The Balaban J connectivity index is 0.00000240. The molecule has 4 rings (SSSR count). The number of rotatable bonds is 3. The highest BCUT2D eigenvalue weighted by atomic mass is 35.5. The molecule has 0 aliphatic carbocycles. The number of hydrogen-bond acceptors (Lipinski definition) is 6. The lowest BCUT2D eigenvalue weighted by Gasteiger charge is -2.23. The molecule has 1 aliphatic heterocycles. The number of nitrogens with one attached hydrogen (secondary N) is 2. The van der Waals surface area contributed by atoms with Gasteiger partial charge in [-0.25, -0.2) is 9.67 Å². The Bertz CT molecular complexity index is 1030. The number of piperidine rings is 1. The smallest absolute Gasteiger partial charge is 0.433 e. The van der Waals surface area contributed by atoms with Crippen LogP contribution in [0.1, 0.15) is 41.0 Å². The second kappa shape index (κ2) is 7.99. The molecule has 12 heteroatoms. The van der Waals surface area contributed by atoms with Crippen LogP contribution in [0.3, 0.4) is 0 Å². The van der Waals surface area contributed by atoms with Crippen LogP contribution >= 0.6 is 12.4 Å². The van der Waals surface area contributed by atoms with Crippen LogP contribution in [0.2, 0.25) is 0 Å². The van der Waals surface area contributed by atoms with Crippen molar-refractivity contribution in [2.45, 2.75) is 32.0 Å². The normalized spacial score (nSPS) is 15.3. The third-order valence-electron chi connectivity index (χ3n) is 4.68. The maximum absolute atomic E-state index is 12.7. The SMILES string of the molecule is Cc1c(C(=O)Nc2ccc3oc(C(F)(F)F)nc3c2)nnn1C1CCNCC1.Cl. The van der Waals surface area contributed by atoms with Crippen LogP contribution in [0.25, 0.3) is 11.1 Å². The molecule has 3 aromatic rings. The van der Waals surface area contributed by atoms with Crippen molar-refractivity contribution in [3.05, 3.63) is 35.5 Å². The van der Waals surface area contributed by atoms with E-state index in [0.717, 1.165) is 25.9 Å². The van der Waals surface area contributed by atoms with E-state index in [0.29, 0.717) is 5.69 Å². The fourth-order valence-corrected chi connectivity index (χ4v) is 3.27. The zero-order valence-corrected chi connectivity index (χ0v) is 16.1. The number of halogens is 4. The third-order valence-corrected chi connectivity index (χ3v) is 4.68. The lowest BCUT2D eigenvalue weighted by Crippen LogP contribution is -2.30. The summed E-state index contributed by atoms with van der Waals surface area (Å²) in [6.07, 6.45) is -2.88. The van der Waals surface area contributed by atoms with Crippen LogP contribution in [-0.4, -0.2) is 39.0 Å². The number of carbonyl (C=O) groups is 1. The van der Waals surface area contributed by atoms with Gasteiger partial charge in [-0.05, 0) is 51.1 Å². The number of carbonyl (C=O) groups excluding carboxylic acids is 1. The monoisotopic (exact) mass is 430 g/mol. The minimum atomic E-state index is -4.67. The molecule has 0 radical (unpaired) electrons. The minimum absolute atomic E-state index is 0. The first-order valence-electron chi connectivity index (χ1n) is 8.74. The summed E-state index contributed by atoms with van der Waals surface area (Å²) in [7, 11) is 0. The second-order valence-corrected chi connectivity index (χ2v) is 6.60. The van der Waals surface area contributed by atoms with Gasteiger partial charge in [0.2, 0.25) is 0 Å². The summed E-state index contributed by atoms with van der Waals surface area (Å²) in [5.41, 5.74) is 1.09. The summed E-state index contributed by atoms with van der Waals surface area (Å²) in [6.45, 7) is 3.53. The van der Waals surface area contributed by atoms with Gasteiger partial charge < -0.3 is 15.1 Å². The van der Waals surface area contributed by atoms with Crippen LogP contribution in [-0.2, 0) is 6.18 Å². The van der Waals surface area contributed by atoms with Gasteiger partial charge in [0, 0.05) is 5.69 Å². The number of alkyl halides is 3. The molecule has 156 valence electrons. The average molecular weight is 431 g/mol. The predicted octanol–water partition coefficient (Wildman–Crippen LogP) is 3.35. The summed E-state index contributed by atoms with van der Waals surface area (Å²) < 4.78 is 44.6. The van der Waals surface area contributed by atoms with E-state index in [1.807, 2.05) is 0 Å². The van der Waals surface area contributed by atoms with E-state index in [-0.39, 0.29) is 40.9 Å². The molecule has 1 saturated heterocycles. The molecule has 0 spiro atoms. The van der Waals surface area contributed by atoms with Crippen LogP contribution in [0.5, 0.6) is 0 Å². The van der Waals surface area contributed by atoms with Crippen molar-refractivity contribution in [3.8, 4) is 0 Å². The Kier molecular flexibility index (Phi) is 5.80. The fraction of sp³-hybridized carbons (Fsp3) is 0.412. The largest absolute Gasteiger partial charge is 0.468 e. The van der Waals surface area contributed by atoms with Gasteiger partial charge in [0.15, 0.2) is 11.3 Å². The Labute approximate surface area is 169 Å². The Hall–Kier alpha value is -2.66. The van der Waals surface area contributed by atoms with Gasteiger partial charge in [-0.15, -0.1) is 17.5 Å². The van der Waals surface area contributed by atoms with Gasteiger partial charge in [-0.3, -0.25) is 4.79 Å².